The fraction of sp³-hybridized carbons (Fsp3) is 0.238. The van der Waals surface area contributed by atoms with Crippen molar-refractivity contribution in [3.8, 4) is 0 Å². The lowest BCUT2D eigenvalue weighted by Gasteiger charge is -2.16. The second kappa shape index (κ2) is 7.30. The summed E-state index contributed by atoms with van der Waals surface area (Å²) < 4.78 is 6.45. The number of anilines is 1. The molecule has 5 heteroatoms. The summed E-state index contributed by atoms with van der Waals surface area (Å²) in [7, 11) is 0. The molecule has 0 unspecified atom stereocenters. The highest BCUT2D eigenvalue weighted by atomic mass is 32.1. The third-order valence-electron chi connectivity index (χ3n) is 4.41. The molecular formula is C21H21NO3S. The van der Waals surface area contributed by atoms with Gasteiger partial charge >= 0.3 is 5.97 Å². The van der Waals surface area contributed by atoms with Crippen LogP contribution in [0.15, 0.2) is 42.5 Å². The van der Waals surface area contributed by atoms with Gasteiger partial charge in [0.15, 0.2) is 6.10 Å². The van der Waals surface area contributed by atoms with E-state index in [0.717, 1.165) is 32.5 Å². The number of hydrogen-bond donors (Lipinski definition) is 1. The normalized spacial score (nSPS) is 12.0. The van der Waals surface area contributed by atoms with Crippen molar-refractivity contribution in [1.82, 2.24) is 0 Å². The molecule has 0 aliphatic heterocycles. The number of carbonyl (C=O) groups is 2. The molecule has 0 spiro atoms. The first kappa shape index (κ1) is 18.1. The Morgan fingerprint density at radius 2 is 1.65 bits per heavy atom. The van der Waals surface area contributed by atoms with Gasteiger partial charge in [0.05, 0.1) is 0 Å². The molecule has 134 valence electrons. The highest BCUT2D eigenvalue weighted by molar-refractivity contribution is 7.21. The highest BCUT2D eigenvalue weighted by Gasteiger charge is 2.23. The molecule has 26 heavy (non-hydrogen) atoms. The van der Waals surface area contributed by atoms with Crippen molar-refractivity contribution in [3.05, 3.63) is 64.0 Å². The lowest BCUT2D eigenvalue weighted by Crippen LogP contribution is -2.30. The smallest absolute Gasteiger partial charge is 0.349 e. The van der Waals surface area contributed by atoms with Crippen LogP contribution in [0.4, 0.5) is 5.69 Å². The Balaban J connectivity index is 1.74. The van der Waals surface area contributed by atoms with Crippen LogP contribution < -0.4 is 5.32 Å². The lowest BCUT2D eigenvalue weighted by molar-refractivity contribution is -0.123. The predicted molar refractivity (Wildman–Crippen MR) is 106 cm³/mol. The molecule has 3 aromatic rings. The number of nitrogens with one attached hydrogen (secondary N) is 1. The average Bonchev–Trinajstić information content (AvgIpc) is 2.95. The van der Waals surface area contributed by atoms with Crippen LogP contribution in [-0.4, -0.2) is 18.0 Å². The summed E-state index contributed by atoms with van der Waals surface area (Å²) in [6, 6.07) is 13.6. The van der Waals surface area contributed by atoms with Gasteiger partial charge < -0.3 is 10.1 Å². The number of rotatable bonds is 4. The van der Waals surface area contributed by atoms with E-state index in [2.05, 4.69) is 5.32 Å². The maximum atomic E-state index is 12.5. The monoisotopic (exact) mass is 367 g/mol. The van der Waals surface area contributed by atoms with Crippen LogP contribution in [0.5, 0.6) is 0 Å². The lowest BCUT2D eigenvalue weighted by atomic mass is 10.1. The molecule has 1 atom stereocenters. The molecule has 0 saturated heterocycles. The molecule has 0 aliphatic carbocycles. The van der Waals surface area contributed by atoms with E-state index in [0.29, 0.717) is 4.88 Å². The molecule has 4 nitrogen and oxygen atoms in total. The minimum Gasteiger partial charge on any atom is -0.448 e. The van der Waals surface area contributed by atoms with Crippen LogP contribution in [-0.2, 0) is 9.53 Å². The van der Waals surface area contributed by atoms with Gasteiger partial charge in [-0.3, -0.25) is 4.79 Å². The summed E-state index contributed by atoms with van der Waals surface area (Å²) in [4.78, 5) is 25.5. The first-order valence-corrected chi connectivity index (χ1v) is 9.26. The number of ether oxygens (including phenoxy) is 1. The molecule has 0 radical (unpaired) electrons. The maximum absolute atomic E-state index is 12.5. The first-order chi connectivity index (χ1) is 12.4. The Labute approximate surface area is 156 Å². The van der Waals surface area contributed by atoms with Gasteiger partial charge in [-0.1, -0.05) is 36.4 Å². The van der Waals surface area contributed by atoms with Crippen LogP contribution in [0.3, 0.4) is 0 Å². The summed E-state index contributed by atoms with van der Waals surface area (Å²) >= 11 is 1.39. The van der Waals surface area contributed by atoms with Gasteiger partial charge in [-0.25, -0.2) is 4.79 Å². The van der Waals surface area contributed by atoms with Crippen LogP contribution in [0.2, 0.25) is 0 Å². The van der Waals surface area contributed by atoms with Gasteiger partial charge in [0.25, 0.3) is 5.91 Å². The van der Waals surface area contributed by atoms with Gasteiger partial charge in [-0.15, -0.1) is 11.3 Å². The number of esters is 1. The Bertz CT molecular complexity index is 970. The number of amides is 1. The largest absolute Gasteiger partial charge is 0.448 e. The summed E-state index contributed by atoms with van der Waals surface area (Å²) in [5.41, 5.74) is 3.59. The number of thiophene rings is 1. The van der Waals surface area contributed by atoms with Crippen molar-refractivity contribution in [2.75, 3.05) is 5.32 Å². The van der Waals surface area contributed by atoms with Gasteiger partial charge in [0.1, 0.15) is 4.88 Å². The van der Waals surface area contributed by atoms with Crippen molar-refractivity contribution < 1.29 is 14.3 Å². The number of aryl methyl sites for hydroxylation is 3. The molecule has 3 rings (SSSR count). The zero-order chi connectivity index (χ0) is 18.8. The van der Waals surface area contributed by atoms with E-state index in [1.54, 1.807) is 6.92 Å². The summed E-state index contributed by atoms with van der Waals surface area (Å²) in [6.07, 6.45) is -0.883. The third kappa shape index (κ3) is 3.48. The van der Waals surface area contributed by atoms with E-state index in [-0.39, 0.29) is 5.91 Å². The fourth-order valence-corrected chi connectivity index (χ4v) is 3.97. The van der Waals surface area contributed by atoms with E-state index >= 15 is 0 Å². The Kier molecular flexibility index (Phi) is 5.09. The Hall–Kier alpha value is -2.66. The van der Waals surface area contributed by atoms with Crippen molar-refractivity contribution in [1.29, 1.82) is 0 Å². The van der Waals surface area contributed by atoms with Crippen LogP contribution in [0.1, 0.15) is 33.3 Å². The van der Waals surface area contributed by atoms with Crippen molar-refractivity contribution >= 4 is 39.0 Å². The number of hydrogen-bond acceptors (Lipinski definition) is 4. The SMILES string of the molecule is Cc1cccc(C)c1NC(=O)[C@H](C)OC(=O)c1sc2ccccc2c1C. The van der Waals surface area contributed by atoms with Gasteiger partial charge in [-0.2, -0.15) is 0 Å². The predicted octanol–water partition coefficient (Wildman–Crippen LogP) is 5.01. The molecule has 0 aliphatic rings. The minimum absolute atomic E-state index is 0.338. The van der Waals surface area contributed by atoms with Crippen molar-refractivity contribution in [2.45, 2.75) is 33.8 Å². The second-order valence-electron chi connectivity index (χ2n) is 6.36. The van der Waals surface area contributed by atoms with Crippen LogP contribution >= 0.6 is 11.3 Å². The zero-order valence-corrected chi connectivity index (χ0v) is 16.1. The molecule has 1 heterocycles. The number of benzene rings is 2. The van der Waals surface area contributed by atoms with E-state index in [4.69, 9.17) is 4.74 Å². The molecule has 0 saturated carbocycles. The Morgan fingerprint density at radius 1 is 1.00 bits per heavy atom. The second-order valence-corrected chi connectivity index (χ2v) is 7.41. The number of para-hydroxylation sites is 1. The standard InChI is InChI=1S/C21H21NO3S/c1-12-8-7-9-13(2)18(12)22-20(23)15(4)25-21(24)19-14(3)16-10-5-6-11-17(16)26-19/h5-11,15H,1-4H3,(H,22,23)/t15-/m0/s1. The maximum Gasteiger partial charge on any atom is 0.349 e. The average molecular weight is 367 g/mol. The van der Waals surface area contributed by atoms with E-state index in [9.17, 15) is 9.59 Å². The zero-order valence-electron chi connectivity index (χ0n) is 15.3. The molecule has 0 bridgehead atoms. The highest BCUT2D eigenvalue weighted by Crippen LogP contribution is 2.31. The van der Waals surface area contributed by atoms with E-state index in [1.807, 2.05) is 63.2 Å². The molecule has 1 N–H and O–H groups in total. The van der Waals surface area contributed by atoms with E-state index < -0.39 is 12.1 Å². The number of fused-ring (bicyclic) bond motifs is 1. The quantitative estimate of drug-likeness (QED) is 0.660. The summed E-state index contributed by atoms with van der Waals surface area (Å²) in [5.74, 6) is -0.803. The number of carbonyl (C=O) groups excluding carboxylic acids is 2. The molecule has 1 aromatic heterocycles. The molecule has 1 amide bonds. The summed E-state index contributed by atoms with van der Waals surface area (Å²) in [5, 5.41) is 3.90. The van der Waals surface area contributed by atoms with Crippen LogP contribution in [0.25, 0.3) is 10.1 Å². The fourth-order valence-electron chi connectivity index (χ4n) is 2.87. The van der Waals surface area contributed by atoms with Crippen molar-refractivity contribution in [2.24, 2.45) is 0 Å². The van der Waals surface area contributed by atoms with Crippen LogP contribution in [0, 0.1) is 20.8 Å². The minimum atomic E-state index is -0.883. The molecular weight excluding hydrogens is 346 g/mol. The van der Waals surface area contributed by atoms with Gasteiger partial charge in [-0.05, 0) is 55.8 Å². The van der Waals surface area contributed by atoms with E-state index in [1.165, 1.54) is 11.3 Å². The molecule has 2 aromatic carbocycles. The first-order valence-electron chi connectivity index (χ1n) is 8.44. The third-order valence-corrected chi connectivity index (χ3v) is 5.66. The van der Waals surface area contributed by atoms with Gasteiger partial charge in [0.2, 0.25) is 0 Å². The van der Waals surface area contributed by atoms with Gasteiger partial charge in [0, 0.05) is 10.4 Å². The summed E-state index contributed by atoms with van der Waals surface area (Å²) in [6.45, 7) is 7.35. The Morgan fingerprint density at radius 3 is 2.31 bits per heavy atom. The molecule has 0 fully saturated rings. The van der Waals surface area contributed by atoms with Crippen molar-refractivity contribution in [3.63, 3.8) is 0 Å². The topological polar surface area (TPSA) is 55.4 Å².